The fourth-order valence-corrected chi connectivity index (χ4v) is 3.01. The molecule has 0 aliphatic rings. The van der Waals surface area contributed by atoms with E-state index in [1.54, 1.807) is 12.1 Å². The van der Waals surface area contributed by atoms with E-state index >= 15 is 0 Å². The number of hydrogen-bond donors (Lipinski definition) is 0. The molecule has 0 radical (unpaired) electrons. The number of esters is 1. The van der Waals surface area contributed by atoms with Crippen molar-refractivity contribution in [1.82, 2.24) is 0 Å². The Hall–Kier alpha value is -3.20. The van der Waals surface area contributed by atoms with Gasteiger partial charge in [-0.2, -0.15) is 0 Å². The van der Waals surface area contributed by atoms with Crippen molar-refractivity contribution in [2.75, 3.05) is 6.61 Å². The largest absolute Gasteiger partial charge is 0.454 e. The van der Waals surface area contributed by atoms with Crippen LogP contribution in [0.2, 0.25) is 0 Å². The van der Waals surface area contributed by atoms with Crippen LogP contribution in [-0.2, 0) is 11.2 Å². The quantitative estimate of drug-likeness (QED) is 0.463. The molecule has 0 unspecified atom stereocenters. The molecule has 0 N–H and O–H groups in total. The Morgan fingerprint density at radius 1 is 0.815 bits per heavy atom. The highest BCUT2D eigenvalue weighted by Crippen LogP contribution is 2.16. The maximum absolute atomic E-state index is 12.6. The second kappa shape index (κ2) is 8.45. The highest BCUT2D eigenvalue weighted by atomic mass is 16.5. The van der Waals surface area contributed by atoms with Crippen molar-refractivity contribution >= 4 is 11.8 Å². The fourth-order valence-electron chi connectivity index (χ4n) is 3.01. The minimum Gasteiger partial charge on any atom is -0.454 e. The van der Waals surface area contributed by atoms with E-state index in [0.29, 0.717) is 17.5 Å². The molecule has 136 valence electrons. The Morgan fingerprint density at radius 3 is 2.30 bits per heavy atom. The summed E-state index contributed by atoms with van der Waals surface area (Å²) >= 11 is 0. The molecule has 0 heterocycles. The van der Waals surface area contributed by atoms with E-state index in [4.69, 9.17) is 4.74 Å². The molecule has 3 aromatic rings. The number of hydrogen-bond acceptors (Lipinski definition) is 3. The molecule has 0 spiro atoms. The number of ketones is 1. The predicted molar refractivity (Wildman–Crippen MR) is 106 cm³/mol. The Bertz CT molecular complexity index is 958. The number of ether oxygens (including phenoxy) is 1. The lowest BCUT2D eigenvalue weighted by atomic mass is 10.00. The van der Waals surface area contributed by atoms with Gasteiger partial charge < -0.3 is 4.74 Å². The van der Waals surface area contributed by atoms with E-state index < -0.39 is 5.97 Å². The summed E-state index contributed by atoms with van der Waals surface area (Å²) in [7, 11) is 0. The van der Waals surface area contributed by atoms with Crippen molar-refractivity contribution in [3.8, 4) is 0 Å². The molecule has 0 bridgehead atoms. The number of benzene rings is 3. The van der Waals surface area contributed by atoms with Gasteiger partial charge in [0.25, 0.3) is 0 Å². The molecule has 0 amide bonds. The number of carbonyl (C=O) groups is 2. The Kier molecular flexibility index (Phi) is 5.82. The number of rotatable bonds is 6. The third-order valence-electron chi connectivity index (χ3n) is 4.50. The summed E-state index contributed by atoms with van der Waals surface area (Å²) in [5, 5.41) is 0. The van der Waals surface area contributed by atoms with Crippen LogP contribution in [-0.4, -0.2) is 18.4 Å². The van der Waals surface area contributed by atoms with Gasteiger partial charge in [-0.25, -0.2) is 4.79 Å². The normalized spacial score (nSPS) is 10.4. The van der Waals surface area contributed by atoms with E-state index in [0.717, 1.165) is 22.3 Å². The van der Waals surface area contributed by atoms with E-state index in [1.807, 2.05) is 74.5 Å². The minimum atomic E-state index is -0.472. The Labute approximate surface area is 159 Å². The molecule has 0 aliphatic carbocycles. The average Bonchev–Trinajstić information content (AvgIpc) is 2.69. The maximum atomic E-state index is 12.6. The highest BCUT2D eigenvalue weighted by molar-refractivity contribution is 6.00. The summed E-state index contributed by atoms with van der Waals surface area (Å²) < 4.78 is 5.33. The topological polar surface area (TPSA) is 43.4 Å². The fraction of sp³-hybridized carbons (Fsp3) is 0.167. The van der Waals surface area contributed by atoms with Crippen molar-refractivity contribution in [2.24, 2.45) is 0 Å². The molecule has 0 saturated heterocycles. The smallest absolute Gasteiger partial charge is 0.338 e. The zero-order valence-electron chi connectivity index (χ0n) is 15.6. The summed E-state index contributed by atoms with van der Waals surface area (Å²) in [5.74, 6) is -0.662. The first-order valence-corrected chi connectivity index (χ1v) is 8.94. The average molecular weight is 358 g/mol. The van der Waals surface area contributed by atoms with Crippen molar-refractivity contribution in [3.05, 3.63) is 106 Å². The molecule has 3 rings (SSSR count). The zero-order chi connectivity index (χ0) is 19.2. The van der Waals surface area contributed by atoms with Crippen LogP contribution in [0.5, 0.6) is 0 Å². The Balaban J connectivity index is 1.71. The monoisotopic (exact) mass is 358 g/mol. The molecule has 3 aromatic carbocycles. The lowest BCUT2D eigenvalue weighted by Gasteiger charge is -2.10. The minimum absolute atomic E-state index is 0.190. The molecule has 27 heavy (non-hydrogen) atoms. The van der Waals surface area contributed by atoms with Gasteiger partial charge in [-0.3, -0.25) is 4.79 Å². The van der Waals surface area contributed by atoms with Crippen molar-refractivity contribution in [3.63, 3.8) is 0 Å². The van der Waals surface area contributed by atoms with Gasteiger partial charge in [0, 0.05) is 5.56 Å². The number of Topliss-reactive ketones (excluding diaryl/α,β-unsaturated/α-hetero) is 1. The number of aryl methyl sites for hydroxylation is 2. The molecular weight excluding hydrogens is 336 g/mol. The van der Waals surface area contributed by atoms with Crippen LogP contribution in [0.4, 0.5) is 0 Å². The lowest BCUT2D eigenvalue weighted by Crippen LogP contribution is -2.16. The molecular formula is C24H22O3. The van der Waals surface area contributed by atoms with Crippen LogP contribution < -0.4 is 0 Å². The van der Waals surface area contributed by atoms with Crippen molar-refractivity contribution in [1.29, 1.82) is 0 Å². The van der Waals surface area contributed by atoms with E-state index in [-0.39, 0.29) is 12.4 Å². The second-order valence-corrected chi connectivity index (χ2v) is 6.64. The van der Waals surface area contributed by atoms with Crippen molar-refractivity contribution < 1.29 is 14.3 Å². The van der Waals surface area contributed by atoms with Gasteiger partial charge in [0.15, 0.2) is 6.61 Å². The molecule has 0 aliphatic heterocycles. The second-order valence-electron chi connectivity index (χ2n) is 6.64. The van der Waals surface area contributed by atoms with Gasteiger partial charge in [0.1, 0.15) is 0 Å². The molecule has 3 heteroatoms. The van der Waals surface area contributed by atoms with E-state index in [2.05, 4.69) is 0 Å². The maximum Gasteiger partial charge on any atom is 0.338 e. The van der Waals surface area contributed by atoms with Crippen LogP contribution in [0, 0.1) is 13.8 Å². The molecule has 0 fully saturated rings. The van der Waals surface area contributed by atoms with Gasteiger partial charge in [-0.15, -0.1) is 0 Å². The van der Waals surface area contributed by atoms with Gasteiger partial charge in [-0.05, 0) is 49.1 Å². The van der Waals surface area contributed by atoms with Gasteiger partial charge in [0.2, 0.25) is 5.78 Å². The van der Waals surface area contributed by atoms with Crippen LogP contribution in [0.15, 0.2) is 72.8 Å². The van der Waals surface area contributed by atoms with Crippen molar-refractivity contribution in [2.45, 2.75) is 20.3 Å². The highest BCUT2D eigenvalue weighted by Gasteiger charge is 2.16. The van der Waals surface area contributed by atoms with Crippen LogP contribution >= 0.6 is 0 Å². The molecule has 0 atom stereocenters. The standard InChI is InChI=1S/C24H22O3/c1-17-12-13-18(2)22(14-17)23(25)16-27-24(26)21-11-7-6-10-20(21)15-19-8-4-3-5-9-19/h3-14H,15-16H2,1-2H3. The summed E-state index contributed by atoms with van der Waals surface area (Å²) in [4.78, 5) is 25.0. The first-order chi connectivity index (χ1) is 13.0. The predicted octanol–water partition coefficient (Wildman–Crippen LogP) is 4.93. The van der Waals surface area contributed by atoms with Crippen LogP contribution in [0.3, 0.4) is 0 Å². The van der Waals surface area contributed by atoms with Gasteiger partial charge in [-0.1, -0.05) is 66.2 Å². The first-order valence-electron chi connectivity index (χ1n) is 8.94. The zero-order valence-corrected chi connectivity index (χ0v) is 15.6. The third kappa shape index (κ3) is 4.70. The van der Waals surface area contributed by atoms with Gasteiger partial charge in [0.05, 0.1) is 5.56 Å². The summed E-state index contributed by atoms with van der Waals surface area (Å²) in [6.45, 7) is 3.55. The van der Waals surface area contributed by atoms with Crippen LogP contribution in [0.1, 0.15) is 43.0 Å². The third-order valence-corrected chi connectivity index (χ3v) is 4.50. The van der Waals surface area contributed by atoms with Crippen LogP contribution in [0.25, 0.3) is 0 Å². The molecule has 0 saturated carbocycles. The number of carbonyl (C=O) groups excluding carboxylic acids is 2. The lowest BCUT2D eigenvalue weighted by molar-refractivity contribution is 0.0473. The summed E-state index contributed by atoms with van der Waals surface area (Å²) in [6.07, 6.45) is 0.636. The van der Waals surface area contributed by atoms with E-state index in [9.17, 15) is 9.59 Å². The van der Waals surface area contributed by atoms with Gasteiger partial charge >= 0.3 is 5.97 Å². The summed E-state index contributed by atoms with van der Waals surface area (Å²) in [6, 6.07) is 23.0. The Morgan fingerprint density at radius 2 is 1.52 bits per heavy atom. The summed E-state index contributed by atoms with van der Waals surface area (Å²) in [5.41, 5.74) is 4.97. The SMILES string of the molecule is Cc1ccc(C)c(C(=O)COC(=O)c2ccccc2Cc2ccccc2)c1. The molecule has 3 nitrogen and oxygen atoms in total. The first kappa shape index (κ1) is 18.6. The van der Waals surface area contributed by atoms with E-state index in [1.165, 1.54) is 0 Å². The molecule has 0 aromatic heterocycles.